The van der Waals surface area contributed by atoms with E-state index in [2.05, 4.69) is 15.3 Å². The molecule has 10 heteroatoms. The van der Waals surface area contributed by atoms with Gasteiger partial charge in [-0.2, -0.15) is 0 Å². The van der Waals surface area contributed by atoms with Crippen LogP contribution in [0.25, 0.3) is 10.4 Å². The number of amides is 1. The fourth-order valence-corrected chi connectivity index (χ4v) is 2.03. The highest BCUT2D eigenvalue weighted by Gasteiger charge is 2.29. The number of carbonyl (C=O) groups is 1. The van der Waals surface area contributed by atoms with Gasteiger partial charge in [-0.3, -0.25) is 14.9 Å². The molecule has 22 heavy (non-hydrogen) atoms. The first-order chi connectivity index (χ1) is 10.5. The zero-order chi connectivity index (χ0) is 16.1. The quantitative estimate of drug-likeness (QED) is 0.300. The number of hydrogen-bond acceptors (Lipinski definition) is 6. The van der Waals surface area contributed by atoms with E-state index in [9.17, 15) is 14.9 Å². The zero-order valence-corrected chi connectivity index (χ0v) is 11.7. The molecule has 1 aliphatic heterocycles. The highest BCUT2D eigenvalue weighted by Crippen LogP contribution is 2.48. The minimum atomic E-state index is -0.738. The van der Waals surface area contributed by atoms with E-state index >= 15 is 0 Å². The molecular formula is C12H13N5O5. The van der Waals surface area contributed by atoms with Crippen molar-refractivity contribution in [2.45, 2.75) is 19.8 Å². The minimum Gasteiger partial charge on any atom is -0.490 e. The fraction of sp³-hybridized carbons (Fsp3) is 0.417. The largest absolute Gasteiger partial charge is 0.490 e. The van der Waals surface area contributed by atoms with Crippen molar-refractivity contribution in [2.24, 2.45) is 5.11 Å². The van der Waals surface area contributed by atoms with Crippen LogP contribution < -0.4 is 14.8 Å². The van der Waals surface area contributed by atoms with Gasteiger partial charge in [0.25, 0.3) is 0 Å². The zero-order valence-electron chi connectivity index (χ0n) is 11.7. The van der Waals surface area contributed by atoms with E-state index in [-0.39, 0.29) is 22.9 Å². The maximum absolute atomic E-state index is 11.4. The van der Waals surface area contributed by atoms with Crippen molar-refractivity contribution in [3.8, 4) is 11.5 Å². The normalized spacial score (nSPS) is 13.3. The fourth-order valence-electron chi connectivity index (χ4n) is 2.03. The van der Waals surface area contributed by atoms with Gasteiger partial charge in [-0.1, -0.05) is 5.11 Å². The van der Waals surface area contributed by atoms with Crippen LogP contribution in [0.3, 0.4) is 0 Å². The third kappa shape index (κ3) is 3.18. The van der Waals surface area contributed by atoms with Gasteiger partial charge in [-0.05, 0) is 18.4 Å². The minimum absolute atomic E-state index is 0.0680. The third-order valence-corrected chi connectivity index (χ3v) is 2.88. The van der Waals surface area contributed by atoms with Gasteiger partial charge in [-0.25, -0.2) is 0 Å². The summed E-state index contributed by atoms with van der Waals surface area (Å²) in [5, 5.41) is 17.0. The lowest BCUT2D eigenvalue weighted by Crippen LogP contribution is -2.14. The lowest BCUT2D eigenvalue weighted by molar-refractivity contribution is -0.383. The van der Waals surface area contributed by atoms with Crippen LogP contribution in [0.5, 0.6) is 11.5 Å². The first-order valence-electron chi connectivity index (χ1n) is 6.48. The van der Waals surface area contributed by atoms with Crippen LogP contribution in [-0.4, -0.2) is 24.0 Å². The number of anilines is 1. The van der Waals surface area contributed by atoms with Gasteiger partial charge >= 0.3 is 5.69 Å². The van der Waals surface area contributed by atoms with Crippen LogP contribution >= 0.6 is 0 Å². The van der Waals surface area contributed by atoms with E-state index < -0.39 is 16.5 Å². The molecule has 1 heterocycles. The molecule has 0 saturated carbocycles. The summed E-state index contributed by atoms with van der Waals surface area (Å²) < 4.78 is 11.0. The van der Waals surface area contributed by atoms with Crippen molar-refractivity contribution in [2.75, 3.05) is 18.5 Å². The molecule has 0 atom stereocenters. The summed E-state index contributed by atoms with van der Waals surface area (Å²) in [5.74, 6) is -0.260. The number of rotatable bonds is 3. The maximum Gasteiger partial charge on any atom is 0.306 e. The van der Waals surface area contributed by atoms with Gasteiger partial charge in [-0.15, -0.1) is 0 Å². The van der Waals surface area contributed by atoms with E-state index in [1.54, 1.807) is 0 Å². The smallest absolute Gasteiger partial charge is 0.306 e. The van der Waals surface area contributed by atoms with E-state index in [4.69, 9.17) is 15.0 Å². The molecule has 0 fully saturated rings. The Morgan fingerprint density at radius 2 is 2.14 bits per heavy atom. The summed E-state index contributed by atoms with van der Waals surface area (Å²) in [6, 6.07) is 1.24. The third-order valence-electron chi connectivity index (χ3n) is 2.88. The number of azide groups is 1. The number of nitrogens with one attached hydrogen (secondary N) is 1. The number of nitro benzene ring substituents is 1. The number of hydrogen-bond donors (Lipinski definition) is 1. The summed E-state index contributed by atoms with van der Waals surface area (Å²) in [5.41, 5.74) is 7.63. The molecule has 0 unspecified atom stereocenters. The molecule has 1 N–H and O–H groups in total. The second-order valence-electron chi connectivity index (χ2n) is 4.48. The van der Waals surface area contributed by atoms with Gasteiger partial charge in [0, 0.05) is 17.9 Å². The Balaban J connectivity index is 2.73. The topological polar surface area (TPSA) is 139 Å². The molecule has 116 valence electrons. The van der Waals surface area contributed by atoms with Gasteiger partial charge in [0.1, 0.15) is 5.69 Å². The second-order valence-corrected chi connectivity index (χ2v) is 4.48. The lowest BCUT2D eigenvalue weighted by atomic mass is 10.1. The monoisotopic (exact) mass is 307 g/mol. The molecule has 2 rings (SSSR count). The molecule has 10 nitrogen and oxygen atoms in total. The second kappa shape index (κ2) is 6.64. The Morgan fingerprint density at radius 3 is 2.73 bits per heavy atom. The molecule has 0 radical (unpaired) electrons. The van der Waals surface area contributed by atoms with Crippen LogP contribution in [0.4, 0.5) is 17.1 Å². The van der Waals surface area contributed by atoms with E-state index in [0.717, 1.165) is 6.42 Å². The highest BCUT2D eigenvalue weighted by molar-refractivity contribution is 5.97. The predicted octanol–water partition coefficient (Wildman–Crippen LogP) is 3.05. The Morgan fingerprint density at radius 1 is 1.45 bits per heavy atom. The van der Waals surface area contributed by atoms with Crippen LogP contribution in [-0.2, 0) is 4.79 Å². The lowest BCUT2D eigenvalue weighted by Gasteiger charge is -2.20. The molecule has 0 bridgehead atoms. The molecule has 0 spiro atoms. The first kappa shape index (κ1) is 15.4. The number of carbonyl (C=O) groups excluding carboxylic acids is 1. The number of fused-ring (bicyclic) bond motifs is 1. The van der Waals surface area contributed by atoms with E-state index in [1.165, 1.54) is 13.0 Å². The van der Waals surface area contributed by atoms with Crippen molar-refractivity contribution >= 4 is 23.0 Å². The Labute approximate surface area is 124 Å². The number of nitrogens with zero attached hydrogens (tertiary/aromatic N) is 4. The van der Waals surface area contributed by atoms with Gasteiger partial charge < -0.3 is 14.8 Å². The number of nitro groups is 1. The van der Waals surface area contributed by atoms with Crippen LogP contribution in [0.1, 0.15) is 19.8 Å². The number of benzene rings is 1. The average Bonchev–Trinajstić information content (AvgIpc) is 2.40. The molecule has 0 saturated heterocycles. The van der Waals surface area contributed by atoms with Gasteiger partial charge in [0.05, 0.1) is 18.1 Å². The number of ether oxygens (including phenoxy) is 2. The Kier molecular flexibility index (Phi) is 4.64. The molecule has 1 aromatic rings. The maximum atomic E-state index is 11.4. The standard InChI is InChI=1S/C12H13N5O5/c1-7(18)14-10-11(17(19)20)8(15-16-13)6-9-12(10)22-5-3-2-4-21-9/h6H,2-5H2,1H3,(H,14,18). The van der Waals surface area contributed by atoms with Crippen molar-refractivity contribution in [1.82, 2.24) is 0 Å². The predicted molar refractivity (Wildman–Crippen MR) is 76.4 cm³/mol. The summed E-state index contributed by atoms with van der Waals surface area (Å²) in [6.45, 7) is 1.94. The Hall–Kier alpha value is -3.00. The van der Waals surface area contributed by atoms with Gasteiger partial charge in [0.15, 0.2) is 17.2 Å². The molecule has 0 aromatic heterocycles. The van der Waals surface area contributed by atoms with Crippen molar-refractivity contribution in [1.29, 1.82) is 0 Å². The van der Waals surface area contributed by atoms with E-state index in [1.807, 2.05) is 0 Å². The Bertz CT molecular complexity index is 668. The van der Waals surface area contributed by atoms with Crippen molar-refractivity contribution < 1.29 is 19.2 Å². The summed E-state index contributed by atoms with van der Waals surface area (Å²) in [6.07, 6.45) is 1.47. The SMILES string of the molecule is CC(=O)Nc1c2c(cc(N=[N+]=[N-])c1[N+](=O)[O-])OCCCCO2. The van der Waals surface area contributed by atoms with Crippen molar-refractivity contribution in [3.63, 3.8) is 0 Å². The molecular weight excluding hydrogens is 294 g/mol. The summed E-state index contributed by atoms with van der Waals surface area (Å²) in [4.78, 5) is 24.5. The van der Waals surface area contributed by atoms with Crippen molar-refractivity contribution in [3.05, 3.63) is 26.6 Å². The highest BCUT2D eigenvalue weighted by atomic mass is 16.6. The summed E-state index contributed by atoms with van der Waals surface area (Å²) in [7, 11) is 0. The molecule has 0 aliphatic carbocycles. The van der Waals surface area contributed by atoms with Crippen LogP contribution in [0.2, 0.25) is 0 Å². The molecule has 1 aromatic carbocycles. The van der Waals surface area contributed by atoms with Crippen LogP contribution in [0.15, 0.2) is 11.2 Å². The molecule has 1 aliphatic rings. The average molecular weight is 307 g/mol. The van der Waals surface area contributed by atoms with Gasteiger partial charge in [0.2, 0.25) is 5.91 Å². The molecule has 1 amide bonds. The first-order valence-corrected chi connectivity index (χ1v) is 6.48. The van der Waals surface area contributed by atoms with Crippen LogP contribution in [0, 0.1) is 10.1 Å². The summed E-state index contributed by atoms with van der Waals surface area (Å²) >= 11 is 0. The van der Waals surface area contributed by atoms with E-state index in [0.29, 0.717) is 19.6 Å².